The maximum absolute atomic E-state index is 8.38. The van der Waals surface area contributed by atoms with Gasteiger partial charge in [0.2, 0.25) is 0 Å². The molecule has 0 aromatic heterocycles. The fourth-order valence-electron chi connectivity index (χ4n) is 0.369. The van der Waals surface area contributed by atoms with Crippen molar-refractivity contribution in [2.75, 3.05) is 7.11 Å². The van der Waals surface area contributed by atoms with Gasteiger partial charge in [-0.15, -0.1) is 0 Å². The fourth-order valence-corrected chi connectivity index (χ4v) is 0.369. The van der Waals surface area contributed by atoms with Crippen LogP contribution in [-0.4, -0.2) is 7.11 Å². The summed E-state index contributed by atoms with van der Waals surface area (Å²) < 4.78 is 4.71. The van der Waals surface area contributed by atoms with E-state index in [9.17, 15) is 0 Å². The van der Waals surface area contributed by atoms with Gasteiger partial charge >= 0.3 is 0 Å². The van der Waals surface area contributed by atoms with Crippen molar-refractivity contribution in [3.63, 3.8) is 0 Å². The molecule has 0 aliphatic heterocycles. The molecule has 2 nitrogen and oxygen atoms in total. The molecule has 0 N–H and O–H groups in total. The third-order valence-electron chi connectivity index (χ3n) is 0.928. The Labute approximate surface area is 60.7 Å². The molecular weight excluding hydrogens is 126 g/mol. The second-order valence-corrected chi connectivity index (χ2v) is 1.59. The molecule has 0 amide bonds. The smallest absolute Gasteiger partial charge is 0.113 e. The maximum atomic E-state index is 8.38. The molecule has 10 heavy (non-hydrogen) atoms. The van der Waals surface area contributed by atoms with Gasteiger partial charge < -0.3 is 4.74 Å². The van der Waals surface area contributed by atoms with E-state index in [0.29, 0.717) is 11.3 Å². The first-order chi connectivity index (χ1) is 4.74. The summed E-state index contributed by atoms with van der Waals surface area (Å²) in [5.41, 5.74) is 0.451. The zero-order valence-electron chi connectivity index (χ0n) is 5.92. The highest BCUT2D eigenvalue weighted by atomic mass is 16.5. The SMILES string of the molecule is C=C/C(C#N)=C\C(=C)OC. The lowest BCUT2D eigenvalue weighted by Gasteiger charge is -1.94. The standard InChI is InChI=1S/C8H9NO/c1-4-8(6-9)5-7(2)10-3/h4-5H,1-2H2,3H3/b8-5+. The van der Waals surface area contributed by atoms with Gasteiger partial charge in [0.25, 0.3) is 0 Å². The van der Waals surface area contributed by atoms with Gasteiger partial charge in [-0.05, 0) is 6.08 Å². The quantitative estimate of drug-likeness (QED) is 0.335. The second kappa shape index (κ2) is 4.39. The summed E-state index contributed by atoms with van der Waals surface area (Å²) in [6.07, 6.45) is 2.97. The maximum Gasteiger partial charge on any atom is 0.113 e. The summed E-state index contributed by atoms with van der Waals surface area (Å²) in [7, 11) is 1.50. The van der Waals surface area contributed by atoms with Gasteiger partial charge in [0.05, 0.1) is 18.8 Å². The molecule has 0 saturated carbocycles. The van der Waals surface area contributed by atoms with Crippen LogP contribution in [0.3, 0.4) is 0 Å². The van der Waals surface area contributed by atoms with Gasteiger partial charge in [0, 0.05) is 0 Å². The summed E-state index contributed by atoms with van der Waals surface area (Å²) in [4.78, 5) is 0. The molecule has 0 radical (unpaired) electrons. The predicted octanol–water partition coefficient (Wildman–Crippen LogP) is 1.78. The van der Waals surface area contributed by atoms with Crippen molar-refractivity contribution < 1.29 is 4.74 Å². The van der Waals surface area contributed by atoms with Crippen molar-refractivity contribution in [3.8, 4) is 6.07 Å². The molecule has 0 atom stereocenters. The normalized spacial score (nSPS) is 9.80. The van der Waals surface area contributed by atoms with E-state index in [4.69, 9.17) is 10.00 Å². The minimum absolute atomic E-state index is 0.451. The van der Waals surface area contributed by atoms with E-state index < -0.39 is 0 Å². The minimum atomic E-state index is 0.451. The van der Waals surface area contributed by atoms with Crippen LogP contribution in [0.15, 0.2) is 36.6 Å². The molecule has 0 rings (SSSR count). The Balaban J connectivity index is 4.28. The number of nitriles is 1. The van der Waals surface area contributed by atoms with Crippen LogP contribution in [-0.2, 0) is 4.74 Å². The first-order valence-corrected chi connectivity index (χ1v) is 2.71. The van der Waals surface area contributed by atoms with Crippen molar-refractivity contribution in [2.24, 2.45) is 0 Å². The molecule has 0 aromatic carbocycles. The average molecular weight is 135 g/mol. The molecule has 0 aliphatic rings. The number of hydrogen-bond acceptors (Lipinski definition) is 2. The molecule has 0 saturated heterocycles. The molecule has 0 heterocycles. The number of hydrogen-bond donors (Lipinski definition) is 0. The third-order valence-corrected chi connectivity index (χ3v) is 0.928. The predicted molar refractivity (Wildman–Crippen MR) is 40.0 cm³/mol. The van der Waals surface area contributed by atoms with E-state index >= 15 is 0 Å². The first kappa shape index (κ1) is 8.51. The van der Waals surface area contributed by atoms with E-state index in [2.05, 4.69) is 13.2 Å². The van der Waals surface area contributed by atoms with Crippen LogP contribution in [0.25, 0.3) is 0 Å². The topological polar surface area (TPSA) is 33.0 Å². The molecule has 0 aliphatic carbocycles. The van der Waals surface area contributed by atoms with Gasteiger partial charge in [-0.2, -0.15) is 5.26 Å². The van der Waals surface area contributed by atoms with Gasteiger partial charge in [-0.25, -0.2) is 0 Å². The first-order valence-electron chi connectivity index (χ1n) is 2.71. The van der Waals surface area contributed by atoms with Gasteiger partial charge in [0.15, 0.2) is 0 Å². The largest absolute Gasteiger partial charge is 0.497 e. The number of allylic oxidation sites excluding steroid dienone is 3. The van der Waals surface area contributed by atoms with E-state index in [1.807, 2.05) is 6.07 Å². The molecule has 0 spiro atoms. The lowest BCUT2D eigenvalue weighted by Crippen LogP contribution is -1.79. The zero-order chi connectivity index (χ0) is 7.98. The number of methoxy groups -OCH3 is 1. The Morgan fingerprint density at radius 3 is 2.60 bits per heavy atom. The van der Waals surface area contributed by atoms with Crippen molar-refractivity contribution >= 4 is 0 Å². The van der Waals surface area contributed by atoms with E-state index in [1.54, 1.807) is 0 Å². The number of ether oxygens (including phenoxy) is 1. The van der Waals surface area contributed by atoms with Gasteiger partial charge in [-0.1, -0.05) is 19.2 Å². The third kappa shape index (κ3) is 2.73. The Bertz CT molecular complexity index is 208. The van der Waals surface area contributed by atoms with Crippen LogP contribution in [0.1, 0.15) is 0 Å². The van der Waals surface area contributed by atoms with Crippen molar-refractivity contribution in [1.29, 1.82) is 5.26 Å². The van der Waals surface area contributed by atoms with Crippen molar-refractivity contribution in [3.05, 3.63) is 36.6 Å². The van der Waals surface area contributed by atoms with Crippen LogP contribution in [0.4, 0.5) is 0 Å². The van der Waals surface area contributed by atoms with Crippen molar-refractivity contribution in [2.45, 2.75) is 0 Å². The lowest BCUT2D eigenvalue weighted by molar-refractivity contribution is 0.308. The Kier molecular flexibility index (Phi) is 3.74. The summed E-state index contributed by atoms with van der Waals surface area (Å²) in [6.45, 7) is 6.94. The van der Waals surface area contributed by atoms with Crippen LogP contribution in [0.2, 0.25) is 0 Å². The average Bonchev–Trinajstić information content (AvgIpc) is 1.99. The highest BCUT2D eigenvalue weighted by Gasteiger charge is 1.88. The Hall–Kier alpha value is -1.49. The van der Waals surface area contributed by atoms with Crippen LogP contribution in [0.5, 0.6) is 0 Å². The number of rotatable bonds is 3. The van der Waals surface area contributed by atoms with Crippen LogP contribution >= 0.6 is 0 Å². The summed E-state index contributed by atoms with van der Waals surface area (Å²) >= 11 is 0. The fraction of sp³-hybridized carbons (Fsp3) is 0.125. The molecule has 52 valence electrons. The molecule has 0 unspecified atom stereocenters. The zero-order valence-corrected chi connectivity index (χ0v) is 5.92. The molecule has 2 heteroatoms. The number of nitrogens with zero attached hydrogens (tertiary/aromatic N) is 1. The molecule has 0 bridgehead atoms. The van der Waals surface area contributed by atoms with Crippen LogP contribution < -0.4 is 0 Å². The van der Waals surface area contributed by atoms with Gasteiger partial charge in [0.1, 0.15) is 5.76 Å². The van der Waals surface area contributed by atoms with Crippen molar-refractivity contribution in [1.82, 2.24) is 0 Å². The Morgan fingerprint density at radius 1 is 1.70 bits per heavy atom. The molecule has 0 fully saturated rings. The van der Waals surface area contributed by atoms with Gasteiger partial charge in [-0.3, -0.25) is 0 Å². The summed E-state index contributed by atoms with van der Waals surface area (Å²) in [6, 6.07) is 1.92. The summed E-state index contributed by atoms with van der Waals surface area (Å²) in [5, 5.41) is 8.38. The van der Waals surface area contributed by atoms with Crippen LogP contribution in [0, 0.1) is 11.3 Å². The van der Waals surface area contributed by atoms with E-state index in [0.717, 1.165) is 0 Å². The van der Waals surface area contributed by atoms with E-state index in [1.165, 1.54) is 19.3 Å². The molecular formula is C8H9NO. The van der Waals surface area contributed by atoms with E-state index in [-0.39, 0.29) is 0 Å². The highest BCUT2D eigenvalue weighted by molar-refractivity contribution is 5.35. The lowest BCUT2D eigenvalue weighted by atomic mass is 10.2. The second-order valence-electron chi connectivity index (χ2n) is 1.59. The molecule has 0 aromatic rings. The Morgan fingerprint density at radius 2 is 2.30 bits per heavy atom. The minimum Gasteiger partial charge on any atom is -0.497 e. The highest BCUT2D eigenvalue weighted by Crippen LogP contribution is 2.00. The summed E-state index contributed by atoms with van der Waals surface area (Å²) in [5.74, 6) is 0.455. The monoisotopic (exact) mass is 135 g/mol.